The second-order valence-corrected chi connectivity index (χ2v) is 8.17. The first kappa shape index (κ1) is 15.5. The topological polar surface area (TPSA) is 72.2 Å². The van der Waals surface area contributed by atoms with Gasteiger partial charge >= 0.3 is 0 Å². The number of carbonyl (C=O) groups excluding carboxylic acids is 1. The summed E-state index contributed by atoms with van der Waals surface area (Å²) in [5.74, 6) is 1.06. The highest BCUT2D eigenvalue weighted by Crippen LogP contribution is 2.38. The Bertz CT molecular complexity index is 926. The monoisotopic (exact) mass is 343 g/mol. The van der Waals surface area contributed by atoms with Gasteiger partial charge in [0.05, 0.1) is 5.39 Å². The zero-order valence-corrected chi connectivity index (χ0v) is 15.0. The average Bonchev–Trinajstić information content (AvgIpc) is 3.12. The van der Waals surface area contributed by atoms with Gasteiger partial charge in [0.2, 0.25) is 5.82 Å². The quantitative estimate of drug-likeness (QED) is 0.794. The number of aryl methyl sites for hydroxylation is 1. The van der Waals surface area contributed by atoms with Crippen molar-refractivity contribution >= 4 is 33.1 Å². The Morgan fingerprint density at radius 2 is 2.33 bits per heavy atom. The van der Waals surface area contributed by atoms with Gasteiger partial charge in [0, 0.05) is 11.4 Å². The van der Waals surface area contributed by atoms with Crippen molar-refractivity contribution in [3.63, 3.8) is 0 Å². The SMILES string of the molecule is CC(C)CNC(=O)c1nc2c3c4c(sc3ncn2n1)CC[C@@H](C)C4. The van der Waals surface area contributed by atoms with Crippen LogP contribution in [-0.2, 0) is 12.8 Å². The van der Waals surface area contributed by atoms with Crippen LogP contribution < -0.4 is 5.32 Å². The van der Waals surface area contributed by atoms with Crippen molar-refractivity contribution in [1.29, 1.82) is 0 Å². The molecule has 4 rings (SSSR count). The molecular formula is C17H21N5OS. The molecule has 7 heteroatoms. The summed E-state index contributed by atoms with van der Waals surface area (Å²) in [5.41, 5.74) is 2.11. The Morgan fingerprint density at radius 3 is 3.12 bits per heavy atom. The fraction of sp³-hybridized carbons (Fsp3) is 0.529. The molecule has 0 saturated carbocycles. The lowest BCUT2D eigenvalue weighted by atomic mass is 9.89. The van der Waals surface area contributed by atoms with Crippen LogP contribution in [0.1, 0.15) is 48.3 Å². The molecule has 0 aromatic carbocycles. The fourth-order valence-electron chi connectivity index (χ4n) is 3.22. The van der Waals surface area contributed by atoms with E-state index in [0.29, 0.717) is 18.4 Å². The van der Waals surface area contributed by atoms with Gasteiger partial charge < -0.3 is 5.32 Å². The molecule has 0 aliphatic heterocycles. The standard InChI is InChI=1S/C17H21N5OS/c1-9(2)7-18-16(23)14-20-15-13-11-6-10(3)4-5-12(11)24-17(13)19-8-22(15)21-14/h8-10H,4-7H2,1-3H3,(H,18,23)/t10-/m1/s1. The second kappa shape index (κ2) is 5.81. The molecule has 3 aromatic heterocycles. The van der Waals surface area contributed by atoms with E-state index >= 15 is 0 Å². The molecule has 1 amide bonds. The third-order valence-corrected chi connectivity index (χ3v) is 5.70. The van der Waals surface area contributed by atoms with Crippen LogP contribution in [0, 0.1) is 11.8 Å². The van der Waals surface area contributed by atoms with Gasteiger partial charge in [-0.15, -0.1) is 16.4 Å². The van der Waals surface area contributed by atoms with Gasteiger partial charge in [-0.2, -0.15) is 0 Å². The van der Waals surface area contributed by atoms with Crippen LogP contribution in [-0.4, -0.2) is 32.0 Å². The fourth-order valence-corrected chi connectivity index (χ4v) is 4.40. The van der Waals surface area contributed by atoms with Gasteiger partial charge in [-0.1, -0.05) is 20.8 Å². The summed E-state index contributed by atoms with van der Waals surface area (Å²) in [4.78, 5) is 23.7. The molecule has 0 unspecified atom stereocenters. The highest BCUT2D eigenvalue weighted by atomic mass is 32.1. The minimum absolute atomic E-state index is 0.216. The van der Waals surface area contributed by atoms with Gasteiger partial charge in [-0.3, -0.25) is 4.79 Å². The van der Waals surface area contributed by atoms with Gasteiger partial charge in [0.25, 0.3) is 5.91 Å². The van der Waals surface area contributed by atoms with E-state index in [0.717, 1.165) is 28.7 Å². The number of nitrogens with zero attached hydrogens (tertiary/aromatic N) is 4. The molecule has 6 nitrogen and oxygen atoms in total. The maximum Gasteiger partial charge on any atom is 0.291 e. The summed E-state index contributed by atoms with van der Waals surface area (Å²) in [6.45, 7) is 7.02. The highest BCUT2D eigenvalue weighted by Gasteiger charge is 2.24. The molecule has 3 heterocycles. The van der Waals surface area contributed by atoms with Crippen molar-refractivity contribution in [2.24, 2.45) is 11.8 Å². The predicted molar refractivity (Wildman–Crippen MR) is 94.5 cm³/mol. The van der Waals surface area contributed by atoms with E-state index < -0.39 is 0 Å². The zero-order chi connectivity index (χ0) is 16.8. The Labute approximate surface area is 144 Å². The number of amides is 1. The minimum Gasteiger partial charge on any atom is -0.349 e. The predicted octanol–water partition coefficient (Wildman–Crippen LogP) is 2.85. The van der Waals surface area contributed by atoms with Gasteiger partial charge in [-0.25, -0.2) is 14.5 Å². The van der Waals surface area contributed by atoms with Gasteiger partial charge in [0.1, 0.15) is 11.2 Å². The molecule has 0 radical (unpaired) electrons. The maximum atomic E-state index is 12.3. The van der Waals surface area contributed by atoms with Crippen LogP contribution in [0.4, 0.5) is 0 Å². The smallest absolute Gasteiger partial charge is 0.291 e. The van der Waals surface area contributed by atoms with Crippen LogP contribution in [0.5, 0.6) is 0 Å². The third kappa shape index (κ3) is 2.56. The van der Waals surface area contributed by atoms with E-state index in [4.69, 9.17) is 0 Å². The first-order valence-corrected chi connectivity index (χ1v) is 9.28. The summed E-state index contributed by atoms with van der Waals surface area (Å²) in [7, 11) is 0. The number of rotatable bonds is 3. The first-order valence-electron chi connectivity index (χ1n) is 8.46. The molecule has 0 saturated heterocycles. The number of fused-ring (bicyclic) bond motifs is 5. The number of nitrogens with one attached hydrogen (secondary N) is 1. The number of aromatic nitrogens is 4. The Morgan fingerprint density at radius 1 is 1.50 bits per heavy atom. The summed E-state index contributed by atoms with van der Waals surface area (Å²) < 4.78 is 1.64. The normalized spacial score (nSPS) is 17.6. The molecule has 3 aromatic rings. The summed E-state index contributed by atoms with van der Waals surface area (Å²) in [6.07, 6.45) is 5.05. The van der Waals surface area contributed by atoms with Gasteiger partial charge in [-0.05, 0) is 36.7 Å². The van der Waals surface area contributed by atoms with E-state index in [1.165, 1.54) is 16.9 Å². The molecule has 0 fully saturated rings. The largest absolute Gasteiger partial charge is 0.349 e. The van der Waals surface area contributed by atoms with Crippen molar-refractivity contribution < 1.29 is 4.79 Å². The average molecular weight is 343 g/mol. The highest BCUT2D eigenvalue weighted by molar-refractivity contribution is 7.19. The Hall–Kier alpha value is -2.02. The van der Waals surface area contributed by atoms with Crippen molar-refractivity contribution in [3.05, 3.63) is 22.6 Å². The first-order chi connectivity index (χ1) is 11.5. The minimum atomic E-state index is -0.224. The molecule has 0 bridgehead atoms. The molecule has 1 atom stereocenters. The number of carbonyl (C=O) groups is 1. The van der Waals surface area contributed by atoms with Crippen LogP contribution in [0.3, 0.4) is 0 Å². The van der Waals surface area contributed by atoms with E-state index in [-0.39, 0.29) is 11.7 Å². The maximum absolute atomic E-state index is 12.3. The van der Waals surface area contributed by atoms with Gasteiger partial charge in [0.15, 0.2) is 5.65 Å². The zero-order valence-electron chi connectivity index (χ0n) is 14.2. The second-order valence-electron chi connectivity index (χ2n) is 7.08. The lowest BCUT2D eigenvalue weighted by Gasteiger charge is -2.17. The van der Waals surface area contributed by atoms with Crippen molar-refractivity contribution in [2.45, 2.75) is 40.0 Å². The Kier molecular flexibility index (Phi) is 3.75. The number of thiophene rings is 1. The Balaban J connectivity index is 1.80. The molecule has 1 aliphatic rings. The summed E-state index contributed by atoms with van der Waals surface area (Å²) in [5, 5.41) is 8.28. The van der Waals surface area contributed by atoms with E-state index in [1.807, 2.05) is 0 Å². The number of hydrogen-bond donors (Lipinski definition) is 1. The molecule has 1 N–H and O–H groups in total. The van der Waals surface area contributed by atoms with E-state index in [1.54, 1.807) is 22.2 Å². The molecule has 126 valence electrons. The summed E-state index contributed by atoms with van der Waals surface area (Å²) in [6, 6.07) is 0. The lowest BCUT2D eigenvalue weighted by molar-refractivity contribution is 0.0939. The van der Waals surface area contributed by atoms with E-state index in [2.05, 4.69) is 41.2 Å². The van der Waals surface area contributed by atoms with Crippen LogP contribution >= 0.6 is 11.3 Å². The van der Waals surface area contributed by atoms with E-state index in [9.17, 15) is 4.79 Å². The van der Waals surface area contributed by atoms with Crippen LogP contribution in [0.2, 0.25) is 0 Å². The number of hydrogen-bond acceptors (Lipinski definition) is 5. The third-order valence-electron chi connectivity index (χ3n) is 4.50. The lowest BCUT2D eigenvalue weighted by Crippen LogP contribution is -2.28. The van der Waals surface area contributed by atoms with Crippen molar-refractivity contribution in [2.75, 3.05) is 6.54 Å². The molecule has 24 heavy (non-hydrogen) atoms. The molecule has 0 spiro atoms. The molecule has 1 aliphatic carbocycles. The van der Waals surface area contributed by atoms with Crippen molar-refractivity contribution in [3.8, 4) is 0 Å². The summed E-state index contributed by atoms with van der Waals surface area (Å²) >= 11 is 1.76. The van der Waals surface area contributed by atoms with Crippen LogP contribution in [0.15, 0.2) is 6.33 Å². The molecular weight excluding hydrogens is 322 g/mol. The van der Waals surface area contributed by atoms with Crippen molar-refractivity contribution in [1.82, 2.24) is 24.9 Å². The van der Waals surface area contributed by atoms with Crippen LogP contribution in [0.25, 0.3) is 15.9 Å².